The van der Waals surface area contributed by atoms with Crippen molar-refractivity contribution >= 4 is 48.7 Å². The molecule has 216 valence electrons. The average Bonchev–Trinajstić information content (AvgIpc) is 3.45. The highest BCUT2D eigenvalue weighted by atomic mass is 19.1. The molecule has 0 aliphatic rings. The average molecular weight is 592 g/mol. The van der Waals surface area contributed by atoms with Crippen molar-refractivity contribution in [2.24, 2.45) is 0 Å². The van der Waals surface area contributed by atoms with Crippen molar-refractivity contribution < 1.29 is 8.81 Å². The lowest BCUT2D eigenvalue weighted by Crippen LogP contribution is -2.34. The van der Waals surface area contributed by atoms with Gasteiger partial charge in [-0.2, -0.15) is 5.26 Å². The molecular weight excluding hydrogens is 565 g/mol. The van der Waals surface area contributed by atoms with Crippen LogP contribution < -0.4 is 11.1 Å². The van der Waals surface area contributed by atoms with E-state index in [9.17, 15) is 5.26 Å². The summed E-state index contributed by atoms with van der Waals surface area (Å²) in [5.41, 5.74) is 7.93. The third-order valence-corrected chi connectivity index (χ3v) is 8.47. The summed E-state index contributed by atoms with van der Waals surface area (Å²) in [4.78, 5) is 4.57. The lowest BCUT2D eigenvalue weighted by atomic mass is 9.76. The standard InChI is InChI=1S/C40H27B2FN2O/c1-40(2,3)33-35(43)34(41)36(45-39(33)42)31-14-8-13-29-30-20-19-28(22-44)32(38(30)46-37(29)31)25-17-15-24(16-18-25)27-12-7-11-26(21-27)23-9-5-4-6-10-23/h4-21H,1-3H3. The number of para-hydroxylation sites is 1. The first kappa shape index (κ1) is 29.3. The number of pyridine rings is 1. The van der Waals surface area contributed by atoms with E-state index in [0.717, 1.165) is 38.6 Å². The molecule has 3 nitrogen and oxygen atoms in total. The molecule has 0 amide bonds. The summed E-state index contributed by atoms with van der Waals surface area (Å²) in [6, 6.07) is 38.4. The third kappa shape index (κ3) is 4.89. The van der Waals surface area contributed by atoms with E-state index in [1.165, 1.54) is 0 Å². The summed E-state index contributed by atoms with van der Waals surface area (Å²) in [7, 11) is 12.6. The fourth-order valence-corrected chi connectivity index (χ4v) is 6.27. The van der Waals surface area contributed by atoms with Gasteiger partial charge in [0.2, 0.25) is 0 Å². The Balaban J connectivity index is 1.36. The number of benzene rings is 5. The van der Waals surface area contributed by atoms with Crippen LogP contribution in [-0.4, -0.2) is 20.7 Å². The number of hydrogen-bond acceptors (Lipinski definition) is 3. The van der Waals surface area contributed by atoms with Crippen LogP contribution in [0.15, 0.2) is 114 Å². The normalized spacial score (nSPS) is 11.6. The summed E-state index contributed by atoms with van der Waals surface area (Å²) >= 11 is 0. The number of rotatable bonds is 4. The van der Waals surface area contributed by atoms with Crippen LogP contribution in [0.3, 0.4) is 0 Å². The van der Waals surface area contributed by atoms with E-state index >= 15 is 4.39 Å². The van der Waals surface area contributed by atoms with Crippen LogP contribution in [0.5, 0.6) is 0 Å². The maximum absolute atomic E-state index is 15.6. The zero-order valence-corrected chi connectivity index (χ0v) is 25.7. The van der Waals surface area contributed by atoms with Gasteiger partial charge in [-0.3, -0.25) is 4.98 Å². The van der Waals surface area contributed by atoms with Gasteiger partial charge in [-0.1, -0.05) is 106 Å². The number of halogens is 1. The minimum absolute atomic E-state index is 0.0862. The van der Waals surface area contributed by atoms with E-state index < -0.39 is 11.2 Å². The van der Waals surface area contributed by atoms with Crippen molar-refractivity contribution in [3.05, 3.63) is 126 Å². The molecule has 6 heteroatoms. The molecule has 0 bridgehead atoms. The topological polar surface area (TPSA) is 49.8 Å². The first-order valence-corrected chi connectivity index (χ1v) is 15.1. The highest BCUT2D eigenvalue weighted by Crippen LogP contribution is 2.41. The maximum atomic E-state index is 15.6. The molecule has 7 aromatic rings. The van der Waals surface area contributed by atoms with Crippen molar-refractivity contribution in [1.29, 1.82) is 5.26 Å². The number of furan rings is 1. The summed E-state index contributed by atoms with van der Waals surface area (Å²) in [5, 5.41) is 11.8. The Morgan fingerprint density at radius 2 is 1.30 bits per heavy atom. The molecule has 0 aliphatic carbocycles. The molecule has 0 fully saturated rings. The zero-order chi connectivity index (χ0) is 32.2. The van der Waals surface area contributed by atoms with E-state index in [-0.39, 0.29) is 22.3 Å². The van der Waals surface area contributed by atoms with Gasteiger partial charge in [-0.15, -0.1) is 0 Å². The second-order valence-electron chi connectivity index (χ2n) is 12.5. The second-order valence-corrected chi connectivity index (χ2v) is 12.5. The van der Waals surface area contributed by atoms with Gasteiger partial charge in [0, 0.05) is 27.5 Å². The first-order chi connectivity index (χ1) is 22.2. The fourth-order valence-electron chi connectivity index (χ4n) is 6.27. The van der Waals surface area contributed by atoms with E-state index in [0.29, 0.717) is 27.9 Å². The number of nitriles is 1. The second kappa shape index (κ2) is 11.2. The van der Waals surface area contributed by atoms with Gasteiger partial charge in [0.25, 0.3) is 0 Å². The van der Waals surface area contributed by atoms with Crippen molar-refractivity contribution in [3.8, 4) is 50.7 Å². The van der Waals surface area contributed by atoms with Crippen LogP contribution in [-0.2, 0) is 5.41 Å². The highest BCUT2D eigenvalue weighted by molar-refractivity contribution is 6.38. The summed E-state index contributed by atoms with van der Waals surface area (Å²) in [5.74, 6) is -0.579. The van der Waals surface area contributed by atoms with Crippen molar-refractivity contribution in [3.63, 3.8) is 0 Å². The largest absolute Gasteiger partial charge is 0.455 e. The quantitative estimate of drug-likeness (QED) is 0.193. The molecule has 0 aliphatic heterocycles. The molecule has 0 spiro atoms. The first-order valence-electron chi connectivity index (χ1n) is 15.1. The van der Waals surface area contributed by atoms with Gasteiger partial charge in [-0.05, 0) is 68.6 Å². The fraction of sp³-hybridized carbons (Fsp3) is 0.100. The Labute approximate surface area is 270 Å². The van der Waals surface area contributed by atoms with Crippen LogP contribution in [0.25, 0.3) is 66.6 Å². The zero-order valence-electron chi connectivity index (χ0n) is 25.7. The molecule has 0 N–H and O–H groups in total. The number of hydrogen-bond donors (Lipinski definition) is 0. The Kier molecular flexibility index (Phi) is 7.13. The van der Waals surface area contributed by atoms with Gasteiger partial charge in [0.1, 0.15) is 32.7 Å². The van der Waals surface area contributed by atoms with Gasteiger partial charge in [-0.25, -0.2) is 4.39 Å². The minimum Gasteiger partial charge on any atom is -0.455 e. The predicted octanol–water partition coefficient (Wildman–Crippen LogP) is 8.54. The molecule has 0 saturated carbocycles. The monoisotopic (exact) mass is 592 g/mol. The minimum atomic E-state index is -0.581. The van der Waals surface area contributed by atoms with Crippen molar-refractivity contribution in [2.75, 3.05) is 0 Å². The van der Waals surface area contributed by atoms with Gasteiger partial charge in [0.15, 0.2) is 0 Å². The molecule has 2 heterocycles. The Morgan fingerprint density at radius 3 is 1.98 bits per heavy atom. The summed E-state index contributed by atoms with van der Waals surface area (Å²) < 4.78 is 22.2. The molecule has 5 aromatic carbocycles. The molecular formula is C40H27B2FN2O. The molecule has 7 rings (SSSR count). The van der Waals surface area contributed by atoms with E-state index in [1.807, 2.05) is 69.3 Å². The molecule has 4 radical (unpaired) electrons. The molecule has 2 aromatic heterocycles. The van der Waals surface area contributed by atoms with Crippen LogP contribution in [0.4, 0.5) is 4.39 Å². The Morgan fingerprint density at radius 1 is 0.696 bits per heavy atom. The Bertz CT molecular complexity index is 2330. The van der Waals surface area contributed by atoms with Crippen LogP contribution in [0.1, 0.15) is 31.9 Å². The molecule has 0 saturated heterocycles. The number of nitrogens with zero attached hydrogens (tertiary/aromatic N) is 2. The Hall–Kier alpha value is -5.40. The van der Waals surface area contributed by atoms with Crippen molar-refractivity contribution in [1.82, 2.24) is 4.98 Å². The van der Waals surface area contributed by atoms with Crippen LogP contribution in [0.2, 0.25) is 0 Å². The van der Waals surface area contributed by atoms with Gasteiger partial charge >= 0.3 is 0 Å². The lowest BCUT2D eigenvalue weighted by molar-refractivity contribution is 0.529. The van der Waals surface area contributed by atoms with Crippen LogP contribution >= 0.6 is 0 Å². The summed E-state index contributed by atoms with van der Waals surface area (Å²) in [6.07, 6.45) is 0. The number of aromatic nitrogens is 1. The highest BCUT2D eigenvalue weighted by Gasteiger charge is 2.26. The van der Waals surface area contributed by atoms with E-state index in [4.69, 9.17) is 20.1 Å². The SMILES string of the molecule is [B]c1nc(-c2cccc3c2oc2c(-c4ccc(-c5cccc(-c6ccccc6)c5)cc4)c(C#N)ccc23)c([B])c(F)c1C(C)(C)C. The van der Waals surface area contributed by atoms with E-state index in [2.05, 4.69) is 59.6 Å². The smallest absolute Gasteiger partial charge is 0.144 e. The van der Waals surface area contributed by atoms with Gasteiger partial charge < -0.3 is 4.42 Å². The predicted molar refractivity (Wildman–Crippen MR) is 187 cm³/mol. The lowest BCUT2D eigenvalue weighted by Gasteiger charge is -2.24. The third-order valence-electron chi connectivity index (χ3n) is 8.47. The van der Waals surface area contributed by atoms with Gasteiger partial charge in [0.05, 0.1) is 17.3 Å². The molecule has 46 heavy (non-hydrogen) atoms. The van der Waals surface area contributed by atoms with E-state index in [1.54, 1.807) is 12.1 Å². The molecule has 0 unspecified atom stereocenters. The maximum Gasteiger partial charge on any atom is 0.144 e. The van der Waals surface area contributed by atoms with Crippen LogP contribution in [0, 0.1) is 17.1 Å². The van der Waals surface area contributed by atoms with Crippen molar-refractivity contribution in [2.45, 2.75) is 26.2 Å². The summed E-state index contributed by atoms with van der Waals surface area (Å²) in [6.45, 7) is 5.60. The molecule has 0 atom stereocenters. The number of fused-ring (bicyclic) bond motifs is 3.